The van der Waals surface area contributed by atoms with E-state index in [1.807, 2.05) is 57.2 Å². The molecule has 0 aromatic heterocycles. The highest BCUT2D eigenvalue weighted by Gasteiger charge is 2.13. The van der Waals surface area contributed by atoms with Crippen LogP contribution in [0.2, 0.25) is 0 Å². The van der Waals surface area contributed by atoms with Gasteiger partial charge < -0.3 is 14.6 Å². The highest BCUT2D eigenvalue weighted by atomic mass is 16.5. The Morgan fingerprint density at radius 2 is 1.71 bits per heavy atom. The van der Waals surface area contributed by atoms with Crippen molar-refractivity contribution in [3.05, 3.63) is 59.2 Å². The molecule has 0 aliphatic heterocycles. The molecule has 2 aromatic carbocycles. The van der Waals surface area contributed by atoms with Crippen LogP contribution in [0.4, 0.5) is 0 Å². The third-order valence-electron chi connectivity index (χ3n) is 3.49. The van der Waals surface area contributed by atoms with Gasteiger partial charge in [-0.3, -0.25) is 0 Å². The topological polar surface area (TPSA) is 55.8 Å². The zero-order chi connectivity index (χ0) is 17.5. The van der Waals surface area contributed by atoms with E-state index in [1.54, 1.807) is 12.1 Å². The Balaban J connectivity index is 2.48. The van der Waals surface area contributed by atoms with Crippen molar-refractivity contribution < 1.29 is 19.4 Å². The van der Waals surface area contributed by atoms with Crippen molar-refractivity contribution in [2.45, 2.75) is 20.8 Å². The van der Waals surface area contributed by atoms with Crippen molar-refractivity contribution in [3.63, 3.8) is 0 Å². The van der Waals surface area contributed by atoms with Crippen LogP contribution in [0.3, 0.4) is 0 Å². The van der Waals surface area contributed by atoms with E-state index < -0.39 is 5.97 Å². The number of carboxylic acid groups (broad SMARTS) is 1. The molecule has 0 saturated carbocycles. The van der Waals surface area contributed by atoms with E-state index in [4.69, 9.17) is 9.47 Å². The van der Waals surface area contributed by atoms with Crippen LogP contribution in [0.1, 0.15) is 30.5 Å². The summed E-state index contributed by atoms with van der Waals surface area (Å²) in [6.07, 6.45) is 1.63. The second-order valence-corrected chi connectivity index (χ2v) is 5.29. The van der Waals surface area contributed by atoms with Crippen molar-refractivity contribution in [1.82, 2.24) is 0 Å². The maximum absolute atomic E-state index is 11.7. The van der Waals surface area contributed by atoms with Crippen LogP contribution >= 0.6 is 0 Å². The molecule has 0 spiro atoms. The number of hydrogen-bond acceptors (Lipinski definition) is 3. The van der Waals surface area contributed by atoms with E-state index in [-0.39, 0.29) is 5.57 Å². The van der Waals surface area contributed by atoms with Crippen molar-refractivity contribution >= 4 is 17.6 Å². The molecular formula is C20H22O4. The lowest BCUT2D eigenvalue weighted by Gasteiger charge is -2.11. The monoisotopic (exact) mass is 326 g/mol. The van der Waals surface area contributed by atoms with E-state index in [0.717, 1.165) is 5.56 Å². The third kappa shape index (κ3) is 4.38. The van der Waals surface area contributed by atoms with E-state index in [0.29, 0.717) is 35.8 Å². The van der Waals surface area contributed by atoms with Crippen LogP contribution in [0, 0.1) is 6.92 Å². The molecule has 0 saturated heterocycles. The van der Waals surface area contributed by atoms with E-state index in [1.165, 1.54) is 0 Å². The summed E-state index contributed by atoms with van der Waals surface area (Å²) in [5.74, 6) is 0.329. The third-order valence-corrected chi connectivity index (χ3v) is 3.49. The van der Waals surface area contributed by atoms with Crippen LogP contribution in [0.5, 0.6) is 11.5 Å². The molecule has 0 amide bonds. The summed E-state index contributed by atoms with van der Waals surface area (Å²) in [6, 6.07) is 12.8. The Hall–Kier alpha value is -2.75. The molecule has 0 heterocycles. The van der Waals surface area contributed by atoms with Gasteiger partial charge in [-0.2, -0.15) is 0 Å². The molecule has 4 heteroatoms. The van der Waals surface area contributed by atoms with Gasteiger partial charge in [0.15, 0.2) is 0 Å². The second kappa shape index (κ2) is 8.20. The van der Waals surface area contributed by atoms with Gasteiger partial charge in [-0.15, -0.1) is 0 Å². The molecule has 0 aliphatic rings. The number of benzene rings is 2. The van der Waals surface area contributed by atoms with Gasteiger partial charge in [-0.1, -0.05) is 29.8 Å². The van der Waals surface area contributed by atoms with E-state index in [2.05, 4.69) is 0 Å². The summed E-state index contributed by atoms with van der Waals surface area (Å²) in [5, 5.41) is 9.58. The Morgan fingerprint density at radius 3 is 2.29 bits per heavy atom. The molecule has 0 unspecified atom stereocenters. The lowest BCUT2D eigenvalue weighted by Crippen LogP contribution is -2.01. The Bertz CT molecular complexity index is 730. The fourth-order valence-corrected chi connectivity index (χ4v) is 2.33. The van der Waals surface area contributed by atoms with Crippen molar-refractivity contribution in [2.24, 2.45) is 0 Å². The smallest absolute Gasteiger partial charge is 0.336 e. The average molecular weight is 326 g/mol. The van der Waals surface area contributed by atoms with Crippen molar-refractivity contribution in [2.75, 3.05) is 13.2 Å². The van der Waals surface area contributed by atoms with Gasteiger partial charge in [0.25, 0.3) is 0 Å². The number of aliphatic carboxylic acids is 1. The number of carbonyl (C=O) groups is 1. The first-order valence-electron chi connectivity index (χ1n) is 7.96. The quantitative estimate of drug-likeness (QED) is 0.604. The first-order chi connectivity index (χ1) is 11.5. The Kier molecular flexibility index (Phi) is 6.01. The standard InChI is InChI=1S/C20H22O4/c1-4-23-17-11-10-16(19(13-17)24-5-2)12-18(20(21)22)15-8-6-14(3)7-9-15/h6-13H,4-5H2,1-3H3,(H,21,22)/b18-12-. The van der Waals surface area contributed by atoms with Crippen LogP contribution in [-0.2, 0) is 4.79 Å². The first-order valence-corrected chi connectivity index (χ1v) is 7.96. The van der Waals surface area contributed by atoms with Gasteiger partial charge >= 0.3 is 5.97 Å². The summed E-state index contributed by atoms with van der Waals surface area (Å²) in [5.41, 5.74) is 2.67. The minimum atomic E-state index is -0.977. The first kappa shape index (κ1) is 17.6. The summed E-state index contributed by atoms with van der Waals surface area (Å²) < 4.78 is 11.1. The summed E-state index contributed by atoms with van der Waals surface area (Å²) in [7, 11) is 0. The highest BCUT2D eigenvalue weighted by molar-refractivity contribution is 6.20. The lowest BCUT2D eigenvalue weighted by atomic mass is 10.0. The number of aryl methyl sites for hydroxylation is 1. The molecule has 2 aromatic rings. The fourth-order valence-electron chi connectivity index (χ4n) is 2.33. The SMILES string of the molecule is CCOc1ccc(/C=C(\C(=O)O)c2ccc(C)cc2)c(OCC)c1. The van der Waals surface area contributed by atoms with Crippen LogP contribution < -0.4 is 9.47 Å². The van der Waals surface area contributed by atoms with Crippen LogP contribution in [0.15, 0.2) is 42.5 Å². The maximum Gasteiger partial charge on any atom is 0.336 e. The van der Waals surface area contributed by atoms with Gasteiger partial charge in [0.1, 0.15) is 11.5 Å². The minimum Gasteiger partial charge on any atom is -0.494 e. The molecule has 0 atom stereocenters. The maximum atomic E-state index is 11.7. The van der Waals surface area contributed by atoms with Crippen molar-refractivity contribution in [1.29, 1.82) is 0 Å². The molecular weight excluding hydrogens is 304 g/mol. The minimum absolute atomic E-state index is 0.222. The highest BCUT2D eigenvalue weighted by Crippen LogP contribution is 2.29. The normalized spacial score (nSPS) is 11.2. The average Bonchev–Trinajstić information content (AvgIpc) is 2.55. The second-order valence-electron chi connectivity index (χ2n) is 5.29. The zero-order valence-corrected chi connectivity index (χ0v) is 14.2. The lowest BCUT2D eigenvalue weighted by molar-refractivity contribution is -0.130. The number of ether oxygens (including phenoxy) is 2. The number of hydrogen-bond donors (Lipinski definition) is 1. The van der Waals surface area contributed by atoms with Gasteiger partial charge in [-0.05, 0) is 44.5 Å². The molecule has 0 fully saturated rings. The van der Waals surface area contributed by atoms with E-state index >= 15 is 0 Å². The van der Waals surface area contributed by atoms with Crippen LogP contribution in [-0.4, -0.2) is 24.3 Å². The summed E-state index contributed by atoms with van der Waals surface area (Å²) in [4.78, 5) is 11.7. The molecule has 0 radical (unpaired) electrons. The number of carboxylic acids is 1. The van der Waals surface area contributed by atoms with Crippen molar-refractivity contribution in [3.8, 4) is 11.5 Å². The fraction of sp³-hybridized carbons (Fsp3) is 0.250. The molecule has 1 N–H and O–H groups in total. The predicted molar refractivity (Wildman–Crippen MR) is 95.5 cm³/mol. The largest absolute Gasteiger partial charge is 0.494 e. The molecule has 2 rings (SSSR count). The van der Waals surface area contributed by atoms with Crippen LogP contribution in [0.25, 0.3) is 11.6 Å². The molecule has 0 bridgehead atoms. The Labute approximate surface area is 142 Å². The number of rotatable bonds is 7. The molecule has 24 heavy (non-hydrogen) atoms. The van der Waals surface area contributed by atoms with Gasteiger partial charge in [0.05, 0.1) is 18.8 Å². The summed E-state index contributed by atoms with van der Waals surface area (Å²) in [6.45, 7) is 6.81. The molecule has 0 aliphatic carbocycles. The Morgan fingerprint density at radius 1 is 1.04 bits per heavy atom. The molecule has 126 valence electrons. The molecule has 4 nitrogen and oxygen atoms in total. The summed E-state index contributed by atoms with van der Waals surface area (Å²) >= 11 is 0. The van der Waals surface area contributed by atoms with Gasteiger partial charge in [0.2, 0.25) is 0 Å². The van der Waals surface area contributed by atoms with Gasteiger partial charge in [-0.25, -0.2) is 4.79 Å². The van der Waals surface area contributed by atoms with Gasteiger partial charge in [0, 0.05) is 11.6 Å². The predicted octanol–water partition coefficient (Wildman–Crippen LogP) is 4.42. The zero-order valence-electron chi connectivity index (χ0n) is 14.2. The van der Waals surface area contributed by atoms with E-state index in [9.17, 15) is 9.90 Å².